The standard InChI is InChI=1S/C29H31N3O4/c1-4-20-18(13-14-25(33)19-9-6-5-7-10-19)11-8-12-23(20)32-28-21-15-26(35-2)27(36-3)16-24(21)31-17-22(28)29(30)34/h5-12,15-17,25,33H,4,13-14H2,1-3H3,(H2,30,34)(H,31,32). The molecule has 0 bridgehead atoms. The van der Waals surface area contributed by atoms with Gasteiger partial charge >= 0.3 is 0 Å². The van der Waals surface area contributed by atoms with E-state index in [4.69, 9.17) is 15.2 Å². The number of ether oxygens (including phenoxy) is 2. The van der Waals surface area contributed by atoms with Crippen LogP contribution in [0, 0.1) is 0 Å². The zero-order valence-corrected chi connectivity index (χ0v) is 20.7. The molecule has 4 rings (SSSR count). The van der Waals surface area contributed by atoms with E-state index in [2.05, 4.69) is 23.3 Å². The molecule has 0 spiro atoms. The van der Waals surface area contributed by atoms with Crippen LogP contribution in [0.4, 0.5) is 11.4 Å². The molecule has 0 aliphatic heterocycles. The quantitative estimate of drug-likeness (QED) is 0.281. The Morgan fingerprint density at radius 2 is 1.78 bits per heavy atom. The van der Waals surface area contributed by atoms with Crippen LogP contribution in [-0.2, 0) is 12.8 Å². The Hall–Kier alpha value is -4.10. The lowest BCUT2D eigenvalue weighted by atomic mass is 9.95. The zero-order valence-electron chi connectivity index (χ0n) is 20.7. The van der Waals surface area contributed by atoms with Crippen molar-refractivity contribution in [3.05, 3.63) is 89.1 Å². The minimum absolute atomic E-state index is 0.279. The molecule has 1 heterocycles. The number of carbonyl (C=O) groups is 1. The number of rotatable bonds is 10. The van der Waals surface area contributed by atoms with Crippen molar-refractivity contribution in [1.29, 1.82) is 0 Å². The molecule has 7 nitrogen and oxygen atoms in total. The third-order valence-electron chi connectivity index (χ3n) is 6.40. The largest absolute Gasteiger partial charge is 0.493 e. The van der Waals surface area contributed by atoms with Gasteiger partial charge in [0.05, 0.1) is 37.1 Å². The molecule has 3 aromatic carbocycles. The fourth-order valence-corrected chi connectivity index (χ4v) is 4.51. The predicted molar refractivity (Wildman–Crippen MR) is 142 cm³/mol. The number of carbonyl (C=O) groups excluding carboxylic acids is 1. The van der Waals surface area contributed by atoms with E-state index in [0.29, 0.717) is 40.9 Å². The number of nitrogens with zero attached hydrogens (tertiary/aromatic N) is 1. The number of methoxy groups -OCH3 is 2. The molecule has 0 radical (unpaired) electrons. The van der Waals surface area contributed by atoms with Gasteiger partial charge in [-0.3, -0.25) is 9.78 Å². The number of nitrogens with two attached hydrogens (primary N) is 1. The van der Waals surface area contributed by atoms with Crippen molar-refractivity contribution in [2.24, 2.45) is 5.73 Å². The van der Waals surface area contributed by atoms with Crippen LogP contribution < -0.4 is 20.5 Å². The van der Waals surface area contributed by atoms with Crippen LogP contribution >= 0.6 is 0 Å². The molecular weight excluding hydrogens is 454 g/mol. The van der Waals surface area contributed by atoms with Crippen molar-refractivity contribution in [3.63, 3.8) is 0 Å². The average Bonchev–Trinajstić information content (AvgIpc) is 2.91. The number of pyridine rings is 1. The van der Waals surface area contributed by atoms with E-state index < -0.39 is 12.0 Å². The normalized spacial score (nSPS) is 11.8. The van der Waals surface area contributed by atoms with Crippen LogP contribution in [0.1, 0.15) is 46.5 Å². The third kappa shape index (κ3) is 5.11. The maximum atomic E-state index is 12.3. The van der Waals surface area contributed by atoms with Gasteiger partial charge in [0.15, 0.2) is 11.5 Å². The molecule has 7 heteroatoms. The van der Waals surface area contributed by atoms with Gasteiger partial charge < -0.3 is 25.6 Å². The summed E-state index contributed by atoms with van der Waals surface area (Å²) in [5, 5.41) is 14.8. The number of fused-ring (bicyclic) bond motifs is 1. The predicted octanol–water partition coefficient (Wildman–Crippen LogP) is 5.32. The fraction of sp³-hybridized carbons (Fsp3) is 0.241. The van der Waals surface area contributed by atoms with E-state index in [9.17, 15) is 9.90 Å². The highest BCUT2D eigenvalue weighted by Crippen LogP contribution is 2.38. The first-order chi connectivity index (χ1) is 17.5. The Labute approximate surface area is 210 Å². The van der Waals surface area contributed by atoms with Crippen molar-refractivity contribution in [3.8, 4) is 11.5 Å². The second-order valence-electron chi connectivity index (χ2n) is 8.52. The molecule has 1 amide bonds. The van der Waals surface area contributed by atoms with Gasteiger partial charge in [-0.1, -0.05) is 49.4 Å². The second-order valence-corrected chi connectivity index (χ2v) is 8.52. The summed E-state index contributed by atoms with van der Waals surface area (Å²) in [5.41, 5.74) is 11.2. The molecule has 0 saturated carbocycles. The Balaban J connectivity index is 1.72. The van der Waals surface area contributed by atoms with Crippen LogP contribution in [0.25, 0.3) is 10.9 Å². The molecular formula is C29H31N3O4. The number of aryl methyl sites for hydroxylation is 1. The number of aliphatic hydroxyl groups excluding tert-OH is 1. The minimum Gasteiger partial charge on any atom is -0.493 e. The first kappa shape index (κ1) is 25.0. The molecule has 1 aromatic heterocycles. The van der Waals surface area contributed by atoms with E-state index >= 15 is 0 Å². The number of anilines is 2. The molecule has 4 N–H and O–H groups in total. The fourth-order valence-electron chi connectivity index (χ4n) is 4.51. The van der Waals surface area contributed by atoms with Crippen LogP contribution in [0.3, 0.4) is 0 Å². The van der Waals surface area contributed by atoms with Crippen LogP contribution in [0.5, 0.6) is 11.5 Å². The Kier molecular flexibility index (Phi) is 7.71. The summed E-state index contributed by atoms with van der Waals surface area (Å²) in [7, 11) is 3.12. The van der Waals surface area contributed by atoms with Gasteiger partial charge in [-0.05, 0) is 48.1 Å². The Bertz CT molecular complexity index is 1370. The van der Waals surface area contributed by atoms with Gasteiger partial charge in [0.25, 0.3) is 5.91 Å². The van der Waals surface area contributed by atoms with E-state index in [1.54, 1.807) is 26.4 Å². The molecule has 4 aromatic rings. The van der Waals surface area contributed by atoms with Gasteiger partial charge in [-0.15, -0.1) is 0 Å². The lowest BCUT2D eigenvalue weighted by Crippen LogP contribution is -2.15. The van der Waals surface area contributed by atoms with E-state index in [-0.39, 0.29) is 5.56 Å². The monoisotopic (exact) mass is 485 g/mol. The van der Waals surface area contributed by atoms with Crippen LogP contribution in [0.2, 0.25) is 0 Å². The number of hydrogen-bond donors (Lipinski definition) is 3. The number of amides is 1. The topological polar surface area (TPSA) is 107 Å². The number of aromatic nitrogens is 1. The molecule has 36 heavy (non-hydrogen) atoms. The lowest BCUT2D eigenvalue weighted by molar-refractivity contribution is 0.100. The van der Waals surface area contributed by atoms with E-state index in [1.165, 1.54) is 6.20 Å². The summed E-state index contributed by atoms with van der Waals surface area (Å²) in [6.45, 7) is 2.09. The van der Waals surface area contributed by atoms with Crippen molar-refractivity contribution in [1.82, 2.24) is 4.98 Å². The molecule has 1 unspecified atom stereocenters. The van der Waals surface area contributed by atoms with Crippen LogP contribution in [-0.4, -0.2) is 30.2 Å². The van der Waals surface area contributed by atoms with Crippen LogP contribution in [0.15, 0.2) is 66.9 Å². The lowest BCUT2D eigenvalue weighted by Gasteiger charge is -2.19. The third-order valence-corrected chi connectivity index (χ3v) is 6.40. The Morgan fingerprint density at radius 1 is 1.06 bits per heavy atom. The van der Waals surface area contributed by atoms with Gasteiger partial charge in [0.1, 0.15) is 0 Å². The van der Waals surface area contributed by atoms with E-state index in [0.717, 1.165) is 28.8 Å². The molecule has 0 aliphatic carbocycles. The van der Waals surface area contributed by atoms with Gasteiger partial charge in [0.2, 0.25) is 0 Å². The summed E-state index contributed by atoms with van der Waals surface area (Å²) in [6, 6.07) is 19.3. The van der Waals surface area contributed by atoms with Crippen molar-refractivity contribution >= 4 is 28.2 Å². The number of benzene rings is 3. The summed E-state index contributed by atoms with van der Waals surface area (Å²) < 4.78 is 10.9. The highest BCUT2D eigenvalue weighted by molar-refractivity contribution is 6.08. The number of aliphatic hydroxyl groups is 1. The molecule has 0 saturated heterocycles. The summed E-state index contributed by atoms with van der Waals surface area (Å²) in [5.74, 6) is 0.487. The van der Waals surface area contributed by atoms with Crippen molar-refractivity contribution in [2.75, 3.05) is 19.5 Å². The Morgan fingerprint density at radius 3 is 2.44 bits per heavy atom. The van der Waals surface area contributed by atoms with Crippen molar-refractivity contribution < 1.29 is 19.4 Å². The summed E-state index contributed by atoms with van der Waals surface area (Å²) in [4.78, 5) is 16.7. The molecule has 0 fully saturated rings. The zero-order chi connectivity index (χ0) is 25.7. The number of hydrogen-bond acceptors (Lipinski definition) is 6. The summed E-state index contributed by atoms with van der Waals surface area (Å²) in [6.07, 6.45) is 3.01. The highest BCUT2D eigenvalue weighted by Gasteiger charge is 2.18. The molecule has 0 aliphatic rings. The SMILES string of the molecule is CCc1c(CCC(O)c2ccccc2)cccc1Nc1c(C(N)=O)cnc2cc(OC)c(OC)cc12. The molecule has 1 atom stereocenters. The van der Waals surface area contributed by atoms with Gasteiger partial charge in [0, 0.05) is 23.3 Å². The second kappa shape index (κ2) is 11.1. The maximum Gasteiger partial charge on any atom is 0.252 e. The average molecular weight is 486 g/mol. The molecule has 186 valence electrons. The maximum absolute atomic E-state index is 12.3. The number of primary amides is 1. The minimum atomic E-state index is -0.582. The number of nitrogens with one attached hydrogen (secondary N) is 1. The summed E-state index contributed by atoms with van der Waals surface area (Å²) >= 11 is 0. The van der Waals surface area contributed by atoms with E-state index in [1.807, 2.05) is 42.5 Å². The smallest absolute Gasteiger partial charge is 0.252 e. The first-order valence-electron chi connectivity index (χ1n) is 11.9. The first-order valence-corrected chi connectivity index (χ1v) is 11.9. The van der Waals surface area contributed by atoms with Gasteiger partial charge in [-0.25, -0.2) is 0 Å². The highest BCUT2D eigenvalue weighted by atomic mass is 16.5. The van der Waals surface area contributed by atoms with Crippen molar-refractivity contribution in [2.45, 2.75) is 32.3 Å². The van der Waals surface area contributed by atoms with Gasteiger partial charge in [-0.2, -0.15) is 0 Å².